The summed E-state index contributed by atoms with van der Waals surface area (Å²) in [4.78, 5) is 10.8. The first-order valence-electron chi connectivity index (χ1n) is 20.1. The van der Waals surface area contributed by atoms with Crippen molar-refractivity contribution in [2.45, 2.75) is 55.4 Å². The minimum atomic E-state index is -0.0797. The number of nitrogens with zero attached hydrogens (tertiary/aromatic N) is 3. The molecule has 12 rings (SSSR count). The van der Waals surface area contributed by atoms with Crippen LogP contribution < -0.4 is 10.2 Å². The molecule has 0 spiro atoms. The minimum Gasteiger partial charge on any atom is -0.456 e. The molecule has 1 fully saturated rings. The van der Waals surface area contributed by atoms with Gasteiger partial charge in [0.25, 0.3) is 0 Å². The van der Waals surface area contributed by atoms with E-state index in [4.69, 9.17) is 9.41 Å². The highest BCUT2D eigenvalue weighted by Gasteiger charge is 2.49. The van der Waals surface area contributed by atoms with Crippen molar-refractivity contribution in [1.29, 1.82) is 0 Å². The maximum Gasteiger partial charge on any atom is 0.196 e. The zero-order valence-corrected chi connectivity index (χ0v) is 30.6. The lowest BCUT2D eigenvalue weighted by Gasteiger charge is -2.40. The van der Waals surface area contributed by atoms with Gasteiger partial charge in [-0.1, -0.05) is 121 Å². The van der Waals surface area contributed by atoms with E-state index in [1.54, 1.807) is 0 Å². The fourth-order valence-electron chi connectivity index (χ4n) is 10.8. The number of para-hydroxylation sites is 2. The number of furan rings is 1. The second kappa shape index (κ2) is 12.2. The molecule has 4 aliphatic carbocycles. The Balaban J connectivity index is 0.911. The molecule has 3 aliphatic heterocycles. The number of anilines is 2. The van der Waals surface area contributed by atoms with Gasteiger partial charge >= 0.3 is 0 Å². The molecule has 8 atom stereocenters. The van der Waals surface area contributed by atoms with Gasteiger partial charge in [0.15, 0.2) is 5.96 Å². The van der Waals surface area contributed by atoms with Crippen molar-refractivity contribution >= 4 is 44.8 Å². The Kier molecular flexibility index (Phi) is 6.96. The van der Waals surface area contributed by atoms with Gasteiger partial charge in [0.1, 0.15) is 17.2 Å². The van der Waals surface area contributed by atoms with E-state index >= 15 is 0 Å². The minimum absolute atomic E-state index is 0.0797. The van der Waals surface area contributed by atoms with Crippen LogP contribution in [0.1, 0.15) is 47.9 Å². The maximum absolute atomic E-state index is 6.22. The second-order valence-electron chi connectivity index (χ2n) is 16.1. The number of hydrogen-bond acceptors (Lipinski definition) is 5. The largest absolute Gasteiger partial charge is 0.456 e. The highest BCUT2D eigenvalue weighted by molar-refractivity contribution is 6.05. The van der Waals surface area contributed by atoms with Crippen LogP contribution >= 0.6 is 0 Å². The van der Waals surface area contributed by atoms with Crippen molar-refractivity contribution in [3.05, 3.63) is 186 Å². The molecule has 4 aromatic carbocycles. The summed E-state index contributed by atoms with van der Waals surface area (Å²) in [6.07, 6.45) is 31.4. The van der Waals surface area contributed by atoms with Crippen molar-refractivity contribution in [3.8, 4) is 0 Å². The molecule has 4 heterocycles. The highest BCUT2D eigenvalue weighted by Crippen LogP contribution is 2.51. The predicted octanol–water partition coefficient (Wildman–Crippen LogP) is 10.9. The van der Waals surface area contributed by atoms with Gasteiger partial charge < -0.3 is 19.5 Å². The summed E-state index contributed by atoms with van der Waals surface area (Å²) in [5.74, 6) is 2.18. The first-order valence-corrected chi connectivity index (χ1v) is 20.1. The van der Waals surface area contributed by atoms with E-state index in [-0.39, 0.29) is 24.2 Å². The van der Waals surface area contributed by atoms with E-state index in [9.17, 15) is 0 Å². The van der Waals surface area contributed by atoms with Crippen molar-refractivity contribution < 1.29 is 4.42 Å². The van der Waals surface area contributed by atoms with Gasteiger partial charge in [-0.2, -0.15) is 0 Å². The standard InChI is InChI=1S/C50H42N4O/c1-2-12-34(13-3-1)53-43-19-9-5-14-35(43)39-28-31(22-25-45(39)53)32-23-26-46-40(29-32)36-15-6-10-20-44(36)54(46)50-51-42-18-8-4-17-38(42)49(52-50)33-24-27-48-41(30-33)37-16-7-11-21-47(37)55-48/h1-13,15-17,20-30,35-36,40,42-44,46,49H,14,18-19H2,(H,51,52). The monoisotopic (exact) mass is 714 g/mol. The Hall–Kier alpha value is -6.07. The van der Waals surface area contributed by atoms with Crippen molar-refractivity contribution in [3.63, 3.8) is 0 Å². The third-order valence-corrected chi connectivity index (χ3v) is 13.3. The number of aliphatic imine (C=N–C) groups is 1. The maximum atomic E-state index is 6.22. The number of rotatable bonds is 3. The Morgan fingerprint density at radius 2 is 1.56 bits per heavy atom. The van der Waals surface area contributed by atoms with E-state index < -0.39 is 0 Å². The highest BCUT2D eigenvalue weighted by atomic mass is 16.3. The fourth-order valence-corrected chi connectivity index (χ4v) is 10.8. The zero-order chi connectivity index (χ0) is 36.0. The molecule has 1 aromatic heterocycles. The molecule has 5 heteroatoms. The third kappa shape index (κ3) is 4.81. The number of guanidine groups is 1. The molecule has 5 aromatic rings. The van der Waals surface area contributed by atoms with Gasteiger partial charge in [0.05, 0.1) is 18.1 Å². The molecule has 5 nitrogen and oxygen atoms in total. The SMILES string of the molecule is C1=CCC2NC(N3C4C=CC=CC4C4C=C(c5ccc6c(c5)C5CC=CCC5N6c5ccccc5)C=CC43)=NC(c3ccc4oc5ccccc5c4c3)C2=C1. The van der Waals surface area contributed by atoms with Crippen LogP contribution in [0, 0.1) is 11.8 Å². The van der Waals surface area contributed by atoms with Crippen LogP contribution in [0.5, 0.6) is 0 Å². The number of nitrogens with one attached hydrogen (secondary N) is 1. The normalized spacial score (nSPS) is 29.6. The van der Waals surface area contributed by atoms with Crippen LogP contribution in [-0.2, 0) is 0 Å². The molecular formula is C50H42N4O. The summed E-state index contributed by atoms with van der Waals surface area (Å²) >= 11 is 0. The van der Waals surface area contributed by atoms with Crippen LogP contribution in [0.2, 0.25) is 0 Å². The van der Waals surface area contributed by atoms with E-state index in [1.165, 1.54) is 39.2 Å². The average Bonchev–Trinajstić information content (AvgIpc) is 3.90. The second-order valence-corrected chi connectivity index (χ2v) is 16.1. The Labute approximate surface area is 321 Å². The zero-order valence-electron chi connectivity index (χ0n) is 30.6. The van der Waals surface area contributed by atoms with E-state index in [2.05, 4.69) is 173 Å². The number of likely N-dealkylation sites (tertiary alicyclic amines) is 1. The van der Waals surface area contributed by atoms with Gasteiger partial charge in [-0.3, -0.25) is 0 Å². The van der Waals surface area contributed by atoms with Crippen LogP contribution in [0.3, 0.4) is 0 Å². The summed E-state index contributed by atoms with van der Waals surface area (Å²) in [5.41, 5.74) is 11.2. The van der Waals surface area contributed by atoms with E-state index in [0.29, 0.717) is 23.8 Å². The molecule has 8 unspecified atom stereocenters. The van der Waals surface area contributed by atoms with E-state index in [0.717, 1.165) is 47.2 Å². The first kappa shape index (κ1) is 31.3. The van der Waals surface area contributed by atoms with Gasteiger partial charge in [0, 0.05) is 45.9 Å². The smallest absolute Gasteiger partial charge is 0.196 e. The number of benzene rings is 4. The lowest BCUT2D eigenvalue weighted by molar-refractivity contribution is 0.346. The van der Waals surface area contributed by atoms with Gasteiger partial charge in [-0.05, 0) is 89.6 Å². The molecule has 0 saturated carbocycles. The predicted molar refractivity (Wildman–Crippen MR) is 224 cm³/mol. The number of hydrogen-bond donors (Lipinski definition) is 1. The molecular weight excluding hydrogens is 673 g/mol. The van der Waals surface area contributed by atoms with Crippen LogP contribution in [0.15, 0.2) is 179 Å². The first-order chi connectivity index (χ1) is 27.3. The summed E-state index contributed by atoms with van der Waals surface area (Å²) in [5, 5.41) is 6.26. The van der Waals surface area contributed by atoms with Crippen LogP contribution in [-0.4, -0.2) is 35.0 Å². The molecule has 268 valence electrons. The summed E-state index contributed by atoms with van der Waals surface area (Å²) < 4.78 is 6.22. The lowest BCUT2D eigenvalue weighted by Crippen LogP contribution is -2.54. The summed E-state index contributed by atoms with van der Waals surface area (Å²) in [6, 6.07) is 34.2. The Morgan fingerprint density at radius 1 is 0.709 bits per heavy atom. The van der Waals surface area contributed by atoms with Crippen molar-refractivity contribution in [1.82, 2.24) is 10.2 Å². The molecule has 1 N–H and O–H groups in total. The Morgan fingerprint density at radius 3 is 2.53 bits per heavy atom. The van der Waals surface area contributed by atoms with E-state index in [1.807, 2.05) is 6.07 Å². The molecule has 0 amide bonds. The molecule has 7 aliphatic rings. The lowest BCUT2D eigenvalue weighted by atomic mass is 9.80. The average molecular weight is 715 g/mol. The fraction of sp³-hybridized carbons (Fsp3) is 0.220. The summed E-state index contributed by atoms with van der Waals surface area (Å²) in [7, 11) is 0. The van der Waals surface area contributed by atoms with Gasteiger partial charge in [-0.15, -0.1) is 0 Å². The molecule has 55 heavy (non-hydrogen) atoms. The number of fused-ring (bicyclic) bond motifs is 10. The van der Waals surface area contributed by atoms with Gasteiger partial charge in [-0.25, -0.2) is 4.99 Å². The third-order valence-electron chi connectivity index (χ3n) is 13.3. The van der Waals surface area contributed by atoms with Crippen LogP contribution in [0.4, 0.5) is 11.4 Å². The number of allylic oxidation sites excluding steroid dienone is 7. The van der Waals surface area contributed by atoms with Gasteiger partial charge in [0.2, 0.25) is 0 Å². The molecule has 1 saturated heterocycles. The van der Waals surface area contributed by atoms with Crippen molar-refractivity contribution in [2.75, 3.05) is 4.90 Å². The van der Waals surface area contributed by atoms with Crippen LogP contribution in [0.25, 0.3) is 27.5 Å². The summed E-state index contributed by atoms with van der Waals surface area (Å²) in [6.45, 7) is 0. The topological polar surface area (TPSA) is 44.0 Å². The molecule has 0 bridgehead atoms. The Bertz CT molecular complexity index is 2630. The quantitative estimate of drug-likeness (QED) is 0.189. The van der Waals surface area contributed by atoms with Crippen molar-refractivity contribution in [2.24, 2.45) is 16.8 Å². The molecule has 0 radical (unpaired) electrons.